The summed E-state index contributed by atoms with van der Waals surface area (Å²) >= 11 is 0. The molecular weight excluding hydrogens is 198 g/mol. The summed E-state index contributed by atoms with van der Waals surface area (Å²) in [5.41, 5.74) is 9.10. The highest BCUT2D eigenvalue weighted by Crippen LogP contribution is 2.16. The van der Waals surface area contributed by atoms with Gasteiger partial charge in [-0.3, -0.25) is 0 Å². The summed E-state index contributed by atoms with van der Waals surface area (Å²) in [7, 11) is 0. The molecule has 0 aromatic heterocycles. The van der Waals surface area contributed by atoms with Crippen molar-refractivity contribution in [2.45, 2.75) is 0 Å². The Labute approximate surface area is 94.4 Å². The molecular formula is C13H13N3. The van der Waals surface area contributed by atoms with Gasteiger partial charge in [0.2, 0.25) is 0 Å². The van der Waals surface area contributed by atoms with Crippen LogP contribution in [-0.4, -0.2) is 5.71 Å². The zero-order valence-electron chi connectivity index (χ0n) is 8.80. The quantitative estimate of drug-likeness (QED) is 0.345. The van der Waals surface area contributed by atoms with Crippen LogP contribution in [0.15, 0.2) is 59.7 Å². The van der Waals surface area contributed by atoms with Crippen molar-refractivity contribution in [2.24, 2.45) is 10.9 Å². The number of rotatable bonds is 2. The lowest BCUT2D eigenvalue weighted by molar-refractivity contribution is 1.24. The van der Waals surface area contributed by atoms with Gasteiger partial charge in [0.1, 0.15) is 0 Å². The van der Waals surface area contributed by atoms with E-state index in [9.17, 15) is 0 Å². The molecule has 3 heteroatoms. The van der Waals surface area contributed by atoms with Crippen LogP contribution in [0.2, 0.25) is 0 Å². The number of hydrazone groups is 1. The number of para-hydroxylation sites is 1. The van der Waals surface area contributed by atoms with Crippen molar-refractivity contribution < 1.29 is 0 Å². The molecule has 0 aliphatic rings. The Morgan fingerprint density at radius 1 is 0.875 bits per heavy atom. The fraction of sp³-hybridized carbons (Fsp3) is 0. The van der Waals surface area contributed by atoms with E-state index in [1.165, 1.54) is 0 Å². The summed E-state index contributed by atoms with van der Waals surface area (Å²) < 4.78 is 0. The number of hydrogen-bond acceptors (Lipinski definition) is 3. The fourth-order valence-electron chi connectivity index (χ4n) is 1.61. The van der Waals surface area contributed by atoms with Gasteiger partial charge in [0.05, 0.1) is 5.71 Å². The minimum absolute atomic E-state index is 0.676. The maximum atomic E-state index is 5.90. The second kappa shape index (κ2) is 4.49. The lowest BCUT2D eigenvalue weighted by Crippen LogP contribution is -2.08. The van der Waals surface area contributed by atoms with E-state index in [1.807, 2.05) is 54.6 Å². The molecule has 2 aromatic rings. The predicted molar refractivity (Wildman–Crippen MR) is 67.1 cm³/mol. The van der Waals surface area contributed by atoms with Crippen molar-refractivity contribution in [3.05, 3.63) is 65.7 Å². The summed E-state index contributed by atoms with van der Waals surface area (Å²) in [6.07, 6.45) is 0. The van der Waals surface area contributed by atoms with Crippen LogP contribution in [0, 0.1) is 0 Å². The van der Waals surface area contributed by atoms with E-state index in [2.05, 4.69) is 5.10 Å². The maximum absolute atomic E-state index is 5.90. The minimum atomic E-state index is 0.676. The molecule has 0 spiro atoms. The van der Waals surface area contributed by atoms with Crippen molar-refractivity contribution in [1.82, 2.24) is 0 Å². The molecule has 0 saturated carbocycles. The van der Waals surface area contributed by atoms with Gasteiger partial charge in [-0.05, 0) is 6.07 Å². The van der Waals surface area contributed by atoms with Crippen molar-refractivity contribution in [3.8, 4) is 0 Å². The first-order chi connectivity index (χ1) is 7.83. The second-order valence-corrected chi connectivity index (χ2v) is 3.43. The normalized spacial score (nSPS) is 11.4. The van der Waals surface area contributed by atoms with Gasteiger partial charge in [-0.25, -0.2) is 0 Å². The van der Waals surface area contributed by atoms with Gasteiger partial charge in [-0.15, -0.1) is 0 Å². The van der Waals surface area contributed by atoms with Crippen LogP contribution in [0.5, 0.6) is 0 Å². The average molecular weight is 211 g/mol. The Balaban J connectivity index is 2.51. The molecule has 2 rings (SSSR count). The van der Waals surface area contributed by atoms with Gasteiger partial charge in [-0.1, -0.05) is 48.5 Å². The van der Waals surface area contributed by atoms with Crippen LogP contribution < -0.4 is 11.6 Å². The third-order valence-electron chi connectivity index (χ3n) is 2.39. The van der Waals surface area contributed by atoms with Crippen LogP contribution in [0.25, 0.3) is 0 Å². The predicted octanol–water partition coefficient (Wildman–Crippen LogP) is 1.98. The van der Waals surface area contributed by atoms with Gasteiger partial charge in [0.25, 0.3) is 0 Å². The number of hydrogen-bond donors (Lipinski definition) is 2. The molecule has 0 heterocycles. The molecule has 16 heavy (non-hydrogen) atoms. The molecule has 0 fully saturated rings. The van der Waals surface area contributed by atoms with Crippen LogP contribution >= 0.6 is 0 Å². The largest absolute Gasteiger partial charge is 0.398 e. The highest BCUT2D eigenvalue weighted by atomic mass is 15.1. The number of anilines is 1. The number of nitrogens with two attached hydrogens (primary N) is 2. The SMILES string of the molecule is NN=C(c1ccccc1)c1ccccc1N. The zero-order chi connectivity index (χ0) is 11.4. The summed E-state index contributed by atoms with van der Waals surface area (Å²) in [5, 5.41) is 3.83. The van der Waals surface area contributed by atoms with E-state index < -0.39 is 0 Å². The summed E-state index contributed by atoms with van der Waals surface area (Å²) in [6.45, 7) is 0. The van der Waals surface area contributed by atoms with E-state index in [1.54, 1.807) is 0 Å². The molecule has 0 aliphatic carbocycles. The minimum Gasteiger partial charge on any atom is -0.398 e. The maximum Gasteiger partial charge on any atom is 0.0991 e. The second-order valence-electron chi connectivity index (χ2n) is 3.43. The smallest absolute Gasteiger partial charge is 0.0991 e. The number of benzene rings is 2. The average Bonchev–Trinajstić information content (AvgIpc) is 2.34. The Bertz CT molecular complexity index is 504. The first-order valence-corrected chi connectivity index (χ1v) is 5.01. The van der Waals surface area contributed by atoms with Crippen LogP contribution in [0.1, 0.15) is 11.1 Å². The van der Waals surface area contributed by atoms with Crippen LogP contribution in [0.4, 0.5) is 5.69 Å². The highest BCUT2D eigenvalue weighted by Gasteiger charge is 2.08. The van der Waals surface area contributed by atoms with Crippen molar-refractivity contribution >= 4 is 11.4 Å². The summed E-state index contributed by atoms with van der Waals surface area (Å²) in [6, 6.07) is 17.3. The van der Waals surface area contributed by atoms with Gasteiger partial charge in [-0.2, -0.15) is 5.10 Å². The van der Waals surface area contributed by atoms with Gasteiger partial charge < -0.3 is 11.6 Å². The van der Waals surface area contributed by atoms with Crippen molar-refractivity contribution in [1.29, 1.82) is 0 Å². The Morgan fingerprint density at radius 3 is 2.12 bits per heavy atom. The first-order valence-electron chi connectivity index (χ1n) is 5.01. The summed E-state index contributed by atoms with van der Waals surface area (Å²) in [5.74, 6) is 5.44. The lowest BCUT2D eigenvalue weighted by Gasteiger charge is -2.08. The Morgan fingerprint density at radius 2 is 1.50 bits per heavy atom. The van der Waals surface area contributed by atoms with Gasteiger partial charge in [0.15, 0.2) is 0 Å². The third kappa shape index (κ3) is 1.88. The van der Waals surface area contributed by atoms with E-state index in [0.717, 1.165) is 11.1 Å². The standard InChI is InChI=1S/C13H13N3/c14-12-9-5-4-8-11(12)13(16-15)10-6-2-1-3-7-10/h1-9H,14-15H2. The molecule has 0 bridgehead atoms. The van der Waals surface area contributed by atoms with Crippen LogP contribution in [0.3, 0.4) is 0 Å². The van der Waals surface area contributed by atoms with Gasteiger partial charge in [0, 0.05) is 16.8 Å². The molecule has 4 N–H and O–H groups in total. The fourth-order valence-corrected chi connectivity index (χ4v) is 1.61. The van der Waals surface area contributed by atoms with E-state index in [0.29, 0.717) is 11.4 Å². The molecule has 3 nitrogen and oxygen atoms in total. The molecule has 0 radical (unpaired) electrons. The lowest BCUT2D eigenvalue weighted by atomic mass is 10.0. The molecule has 0 atom stereocenters. The Kier molecular flexibility index (Phi) is 2.87. The topological polar surface area (TPSA) is 64.4 Å². The van der Waals surface area contributed by atoms with Gasteiger partial charge >= 0.3 is 0 Å². The molecule has 0 amide bonds. The summed E-state index contributed by atoms with van der Waals surface area (Å²) in [4.78, 5) is 0. The van der Waals surface area contributed by atoms with E-state index >= 15 is 0 Å². The highest BCUT2D eigenvalue weighted by molar-refractivity contribution is 6.15. The number of nitrogen functional groups attached to an aromatic ring is 1. The Hall–Kier alpha value is -2.29. The first kappa shape index (κ1) is 10.2. The third-order valence-corrected chi connectivity index (χ3v) is 2.39. The molecule has 0 aliphatic heterocycles. The molecule has 0 saturated heterocycles. The van der Waals surface area contributed by atoms with Crippen molar-refractivity contribution in [3.63, 3.8) is 0 Å². The van der Waals surface area contributed by atoms with E-state index in [4.69, 9.17) is 11.6 Å². The van der Waals surface area contributed by atoms with Crippen molar-refractivity contribution in [2.75, 3.05) is 5.73 Å². The molecule has 80 valence electrons. The monoisotopic (exact) mass is 211 g/mol. The zero-order valence-corrected chi connectivity index (χ0v) is 8.80. The number of nitrogens with zero attached hydrogens (tertiary/aromatic N) is 1. The molecule has 2 aromatic carbocycles. The van der Waals surface area contributed by atoms with Crippen LogP contribution in [-0.2, 0) is 0 Å². The molecule has 0 unspecified atom stereocenters. The van der Waals surface area contributed by atoms with E-state index in [-0.39, 0.29) is 0 Å².